The Morgan fingerprint density at radius 3 is 3.05 bits per heavy atom. The lowest BCUT2D eigenvalue weighted by Gasteiger charge is -2.08. The van der Waals surface area contributed by atoms with Crippen LogP contribution < -0.4 is 9.47 Å². The standard InChI is InChI=1S/C14H10ClNO4/c15-10-2-1-5-16-13(10)19-9-4-3-8-6-12(14(17)18)20-11(8)7-9/h1-5,7,12H,6H2,(H,17,18). The molecule has 5 nitrogen and oxygen atoms in total. The minimum atomic E-state index is -0.976. The van der Waals surface area contributed by atoms with Crippen molar-refractivity contribution in [2.75, 3.05) is 0 Å². The summed E-state index contributed by atoms with van der Waals surface area (Å²) in [5.41, 5.74) is 0.844. The first-order chi connectivity index (χ1) is 9.63. The summed E-state index contributed by atoms with van der Waals surface area (Å²) < 4.78 is 10.9. The molecule has 0 radical (unpaired) electrons. The molecule has 0 aliphatic carbocycles. The van der Waals surface area contributed by atoms with E-state index in [9.17, 15) is 4.79 Å². The molecule has 0 spiro atoms. The Morgan fingerprint density at radius 2 is 2.30 bits per heavy atom. The van der Waals surface area contributed by atoms with Crippen LogP contribution in [0.4, 0.5) is 0 Å². The number of pyridine rings is 1. The highest BCUT2D eigenvalue weighted by Crippen LogP contribution is 2.35. The average molecular weight is 292 g/mol. The van der Waals surface area contributed by atoms with Crippen LogP contribution in [0.5, 0.6) is 17.4 Å². The van der Waals surface area contributed by atoms with Crippen LogP contribution in [0.15, 0.2) is 36.5 Å². The van der Waals surface area contributed by atoms with Gasteiger partial charge in [0.2, 0.25) is 5.88 Å². The molecular weight excluding hydrogens is 282 g/mol. The van der Waals surface area contributed by atoms with Crippen LogP contribution in [0.25, 0.3) is 0 Å². The lowest BCUT2D eigenvalue weighted by molar-refractivity contribution is -0.144. The van der Waals surface area contributed by atoms with E-state index >= 15 is 0 Å². The number of carbonyl (C=O) groups is 1. The van der Waals surface area contributed by atoms with Crippen LogP contribution >= 0.6 is 11.6 Å². The number of aromatic nitrogens is 1. The van der Waals surface area contributed by atoms with Gasteiger partial charge in [-0.3, -0.25) is 0 Å². The Kier molecular flexibility index (Phi) is 3.20. The number of nitrogens with zero attached hydrogens (tertiary/aromatic N) is 1. The molecule has 102 valence electrons. The number of hydrogen-bond donors (Lipinski definition) is 1. The van der Waals surface area contributed by atoms with E-state index in [0.717, 1.165) is 5.56 Å². The number of benzene rings is 1. The molecule has 20 heavy (non-hydrogen) atoms. The maximum absolute atomic E-state index is 10.9. The maximum Gasteiger partial charge on any atom is 0.345 e. The number of ether oxygens (including phenoxy) is 2. The van der Waals surface area contributed by atoms with Crippen LogP contribution in [0.3, 0.4) is 0 Å². The van der Waals surface area contributed by atoms with Gasteiger partial charge in [0.1, 0.15) is 16.5 Å². The zero-order valence-electron chi connectivity index (χ0n) is 10.2. The van der Waals surface area contributed by atoms with Gasteiger partial charge in [0.05, 0.1) is 0 Å². The van der Waals surface area contributed by atoms with E-state index in [1.807, 2.05) is 0 Å². The number of rotatable bonds is 3. The van der Waals surface area contributed by atoms with E-state index in [1.54, 1.807) is 36.5 Å². The predicted molar refractivity (Wildman–Crippen MR) is 71.5 cm³/mol. The number of fused-ring (bicyclic) bond motifs is 1. The number of carboxylic acid groups (broad SMARTS) is 1. The summed E-state index contributed by atoms with van der Waals surface area (Å²) >= 11 is 5.96. The van der Waals surface area contributed by atoms with Gasteiger partial charge >= 0.3 is 5.97 Å². The topological polar surface area (TPSA) is 68.7 Å². The van der Waals surface area contributed by atoms with Gasteiger partial charge < -0.3 is 14.6 Å². The van der Waals surface area contributed by atoms with Crippen molar-refractivity contribution in [3.63, 3.8) is 0 Å². The number of hydrogen-bond acceptors (Lipinski definition) is 4. The summed E-state index contributed by atoms with van der Waals surface area (Å²) in [4.78, 5) is 14.9. The van der Waals surface area contributed by atoms with Gasteiger partial charge in [-0.1, -0.05) is 17.7 Å². The summed E-state index contributed by atoms with van der Waals surface area (Å²) in [5.74, 6) is 0.329. The fourth-order valence-corrected chi connectivity index (χ4v) is 2.13. The van der Waals surface area contributed by atoms with Crippen LogP contribution in [0.2, 0.25) is 5.02 Å². The molecule has 1 aliphatic heterocycles. The average Bonchev–Trinajstić information content (AvgIpc) is 2.85. The Labute approximate surface area is 119 Å². The number of carboxylic acids is 1. The van der Waals surface area contributed by atoms with Gasteiger partial charge in [-0.2, -0.15) is 0 Å². The third-order valence-corrected chi connectivity index (χ3v) is 3.22. The van der Waals surface area contributed by atoms with Gasteiger partial charge in [-0.25, -0.2) is 9.78 Å². The molecule has 6 heteroatoms. The first-order valence-electron chi connectivity index (χ1n) is 5.94. The van der Waals surface area contributed by atoms with Crippen molar-refractivity contribution in [2.24, 2.45) is 0 Å². The molecule has 0 saturated heterocycles. The second kappa shape index (κ2) is 5.02. The lowest BCUT2D eigenvalue weighted by atomic mass is 10.1. The van der Waals surface area contributed by atoms with Crippen molar-refractivity contribution in [3.8, 4) is 17.4 Å². The van der Waals surface area contributed by atoms with Gasteiger partial charge in [-0.15, -0.1) is 0 Å². The normalized spacial score (nSPS) is 16.4. The maximum atomic E-state index is 10.9. The molecule has 3 rings (SSSR count). The third kappa shape index (κ3) is 2.40. The molecular formula is C14H10ClNO4. The fraction of sp³-hybridized carbons (Fsp3) is 0.143. The van der Waals surface area contributed by atoms with Crippen LogP contribution in [0.1, 0.15) is 5.56 Å². The first kappa shape index (κ1) is 12.7. The summed E-state index contributed by atoms with van der Waals surface area (Å²) in [6.07, 6.45) is 1.10. The highest BCUT2D eigenvalue weighted by molar-refractivity contribution is 6.31. The largest absolute Gasteiger partial charge is 0.478 e. The smallest absolute Gasteiger partial charge is 0.345 e. The van der Waals surface area contributed by atoms with Gasteiger partial charge in [0, 0.05) is 18.7 Å². The predicted octanol–water partition coefficient (Wildman–Crippen LogP) is 2.92. The summed E-state index contributed by atoms with van der Waals surface area (Å²) in [6.45, 7) is 0. The van der Waals surface area contributed by atoms with E-state index < -0.39 is 12.1 Å². The second-order valence-electron chi connectivity index (χ2n) is 4.31. The van der Waals surface area contributed by atoms with Gasteiger partial charge in [-0.05, 0) is 23.8 Å². The molecule has 1 unspecified atom stereocenters. The van der Waals surface area contributed by atoms with Gasteiger partial charge in [0.15, 0.2) is 6.10 Å². The van der Waals surface area contributed by atoms with Crippen molar-refractivity contribution >= 4 is 17.6 Å². The molecule has 1 aromatic heterocycles. The molecule has 1 aliphatic rings. The Morgan fingerprint density at radius 1 is 1.45 bits per heavy atom. The van der Waals surface area contributed by atoms with Crippen molar-refractivity contribution in [1.29, 1.82) is 0 Å². The van der Waals surface area contributed by atoms with E-state index in [-0.39, 0.29) is 0 Å². The van der Waals surface area contributed by atoms with Crippen molar-refractivity contribution < 1.29 is 19.4 Å². The number of aliphatic carboxylic acids is 1. The summed E-state index contributed by atoms with van der Waals surface area (Å²) in [7, 11) is 0. The monoisotopic (exact) mass is 291 g/mol. The van der Waals surface area contributed by atoms with E-state index in [1.165, 1.54) is 0 Å². The van der Waals surface area contributed by atoms with E-state index in [0.29, 0.717) is 28.8 Å². The van der Waals surface area contributed by atoms with E-state index in [2.05, 4.69) is 4.98 Å². The second-order valence-corrected chi connectivity index (χ2v) is 4.72. The summed E-state index contributed by atoms with van der Waals surface area (Å²) in [5, 5.41) is 9.34. The van der Waals surface area contributed by atoms with Crippen molar-refractivity contribution in [1.82, 2.24) is 4.98 Å². The van der Waals surface area contributed by atoms with Crippen molar-refractivity contribution in [2.45, 2.75) is 12.5 Å². The molecule has 0 bridgehead atoms. The van der Waals surface area contributed by atoms with E-state index in [4.69, 9.17) is 26.2 Å². The highest BCUT2D eigenvalue weighted by atomic mass is 35.5. The fourth-order valence-electron chi connectivity index (χ4n) is 1.97. The minimum absolute atomic E-state index is 0.293. The molecule has 1 atom stereocenters. The van der Waals surface area contributed by atoms with Crippen LogP contribution in [-0.2, 0) is 11.2 Å². The molecule has 0 fully saturated rings. The number of halogens is 1. The highest BCUT2D eigenvalue weighted by Gasteiger charge is 2.29. The molecule has 2 heterocycles. The first-order valence-corrected chi connectivity index (χ1v) is 6.32. The molecule has 1 N–H and O–H groups in total. The SMILES string of the molecule is O=C(O)C1Cc2ccc(Oc3ncccc3Cl)cc2O1. The van der Waals surface area contributed by atoms with Crippen LogP contribution in [0, 0.1) is 0 Å². The Bertz CT molecular complexity index is 674. The molecule has 0 amide bonds. The quantitative estimate of drug-likeness (QED) is 0.941. The Balaban J connectivity index is 1.83. The lowest BCUT2D eigenvalue weighted by Crippen LogP contribution is -2.24. The summed E-state index contributed by atoms with van der Waals surface area (Å²) in [6, 6.07) is 8.54. The van der Waals surface area contributed by atoms with Gasteiger partial charge in [0.25, 0.3) is 0 Å². The zero-order chi connectivity index (χ0) is 14.1. The minimum Gasteiger partial charge on any atom is -0.478 e. The molecule has 0 saturated carbocycles. The Hall–Kier alpha value is -2.27. The molecule has 2 aromatic rings. The van der Waals surface area contributed by atoms with Crippen LogP contribution in [-0.4, -0.2) is 22.2 Å². The third-order valence-electron chi connectivity index (χ3n) is 2.93. The molecule has 1 aromatic carbocycles. The van der Waals surface area contributed by atoms with Crippen molar-refractivity contribution in [3.05, 3.63) is 47.1 Å². The zero-order valence-corrected chi connectivity index (χ0v) is 11.0.